The van der Waals surface area contributed by atoms with Crippen LogP contribution in [0.2, 0.25) is 15.8 Å². The van der Waals surface area contributed by atoms with Crippen molar-refractivity contribution in [3.8, 4) is 0 Å². The average Bonchev–Trinajstić information content (AvgIpc) is 2.97. The van der Waals surface area contributed by atoms with Crippen LogP contribution in [0.3, 0.4) is 0 Å². The van der Waals surface area contributed by atoms with Gasteiger partial charge in [0.2, 0.25) is 0 Å². The van der Waals surface area contributed by atoms with Crippen molar-refractivity contribution in [2.75, 3.05) is 0 Å². The number of hydrogen-bond acceptors (Lipinski definition) is 0. The summed E-state index contributed by atoms with van der Waals surface area (Å²) < 4.78 is 0. The minimum Gasteiger partial charge on any atom is -0.0904 e. The van der Waals surface area contributed by atoms with E-state index in [-0.39, 0.29) is 0 Å². The zero-order valence-corrected chi connectivity index (χ0v) is 25.6. The van der Waals surface area contributed by atoms with Crippen molar-refractivity contribution in [1.29, 1.82) is 0 Å². The van der Waals surface area contributed by atoms with Gasteiger partial charge < -0.3 is 0 Å². The van der Waals surface area contributed by atoms with Crippen molar-refractivity contribution in [3.05, 3.63) is 108 Å². The molecule has 1 heteroatoms. The van der Waals surface area contributed by atoms with E-state index in [4.69, 9.17) is 0 Å². The summed E-state index contributed by atoms with van der Waals surface area (Å²) in [4.78, 5) is 0. The lowest BCUT2D eigenvalue weighted by Crippen LogP contribution is -2.28. The van der Waals surface area contributed by atoms with E-state index in [1.807, 2.05) is 0 Å². The Hall–Kier alpha value is -1.81. The molecule has 3 aromatic rings. The average molecular weight is 511 g/mol. The Morgan fingerprint density at radius 2 is 0.676 bits per heavy atom. The molecule has 3 aromatic carbocycles. The zero-order chi connectivity index (χ0) is 26.6. The summed E-state index contributed by atoms with van der Waals surface area (Å²) in [6.45, 7) is 14.8. The quantitative estimate of drug-likeness (QED) is 0.178. The molecule has 198 valence electrons. The Bertz CT molecular complexity index is 851. The highest BCUT2D eigenvalue weighted by Gasteiger charge is 2.33. The minimum atomic E-state index is -0.999. The smallest absolute Gasteiger partial charge is 0.0904 e. The SMILES string of the molecule is CCC([CH2][Al]([CH2]C(CC)C(C)c1ccccc1)[CH2]C(CC)C(C)c1ccccc1)C(C)c1ccccc1. The maximum Gasteiger partial charge on any atom is 0.262 e. The highest BCUT2D eigenvalue weighted by molar-refractivity contribution is 6.59. The van der Waals surface area contributed by atoms with Gasteiger partial charge in [-0.05, 0) is 52.2 Å². The first-order chi connectivity index (χ1) is 18.0. The monoisotopic (exact) mass is 510 g/mol. The molecule has 0 aromatic heterocycles. The molecular weight excluding hydrogens is 459 g/mol. The number of rotatable bonds is 15. The molecule has 0 radical (unpaired) electrons. The molecule has 0 aliphatic carbocycles. The van der Waals surface area contributed by atoms with E-state index in [0.29, 0.717) is 17.8 Å². The molecule has 0 N–H and O–H groups in total. The second kappa shape index (κ2) is 15.6. The van der Waals surface area contributed by atoms with Gasteiger partial charge in [0.25, 0.3) is 14.1 Å². The highest BCUT2D eigenvalue weighted by Crippen LogP contribution is 2.40. The first kappa shape index (κ1) is 29.7. The fourth-order valence-corrected chi connectivity index (χ4v) is 12.2. The van der Waals surface area contributed by atoms with Gasteiger partial charge >= 0.3 is 0 Å². The Morgan fingerprint density at radius 1 is 0.432 bits per heavy atom. The fraction of sp³-hybridized carbons (Fsp3) is 0.500. The van der Waals surface area contributed by atoms with Gasteiger partial charge in [-0.3, -0.25) is 0 Å². The van der Waals surface area contributed by atoms with E-state index in [0.717, 1.165) is 17.8 Å². The maximum absolute atomic E-state index is 2.49. The van der Waals surface area contributed by atoms with E-state index in [1.54, 1.807) is 0 Å². The van der Waals surface area contributed by atoms with Gasteiger partial charge in [0.05, 0.1) is 0 Å². The van der Waals surface area contributed by atoms with Crippen molar-refractivity contribution in [3.63, 3.8) is 0 Å². The third-order valence-corrected chi connectivity index (χ3v) is 13.4. The van der Waals surface area contributed by atoms with Crippen LogP contribution in [0.15, 0.2) is 91.0 Å². The van der Waals surface area contributed by atoms with Crippen LogP contribution in [0.25, 0.3) is 0 Å². The molecule has 0 bridgehead atoms. The second-order valence-corrected chi connectivity index (χ2v) is 14.8. The predicted molar refractivity (Wildman–Crippen MR) is 166 cm³/mol. The van der Waals surface area contributed by atoms with Crippen LogP contribution in [0.4, 0.5) is 0 Å². The Kier molecular flexibility index (Phi) is 12.5. The van der Waals surface area contributed by atoms with Crippen molar-refractivity contribution >= 4 is 14.1 Å². The van der Waals surface area contributed by atoms with Crippen LogP contribution < -0.4 is 0 Å². The Morgan fingerprint density at radius 3 is 0.892 bits per heavy atom. The molecule has 0 nitrogen and oxygen atoms in total. The summed E-state index contributed by atoms with van der Waals surface area (Å²) in [5.74, 6) is 4.27. The second-order valence-electron chi connectivity index (χ2n) is 11.7. The van der Waals surface area contributed by atoms with E-state index in [2.05, 4.69) is 133 Å². The molecular formula is C36H51Al. The summed E-state index contributed by atoms with van der Waals surface area (Å²) in [6.07, 6.45) is 3.86. The van der Waals surface area contributed by atoms with E-state index in [9.17, 15) is 0 Å². The molecule has 6 atom stereocenters. The molecule has 0 heterocycles. The number of hydrogen-bond donors (Lipinski definition) is 0. The Labute approximate surface area is 233 Å². The third kappa shape index (κ3) is 8.60. The van der Waals surface area contributed by atoms with Crippen LogP contribution in [0.1, 0.15) is 95.2 Å². The largest absolute Gasteiger partial charge is 0.262 e. The Balaban J connectivity index is 1.84. The third-order valence-electron chi connectivity index (χ3n) is 9.58. The van der Waals surface area contributed by atoms with Crippen LogP contribution in [-0.2, 0) is 0 Å². The summed E-state index contributed by atoms with van der Waals surface area (Å²) in [6, 6.07) is 33.9. The molecule has 6 unspecified atom stereocenters. The molecule has 0 amide bonds. The molecule has 0 spiro atoms. The topological polar surface area (TPSA) is 0 Å². The van der Waals surface area contributed by atoms with Crippen molar-refractivity contribution in [1.82, 2.24) is 0 Å². The molecule has 0 saturated heterocycles. The lowest BCUT2D eigenvalue weighted by Gasteiger charge is -2.33. The molecule has 0 saturated carbocycles. The van der Waals surface area contributed by atoms with Gasteiger partial charge in [-0.1, -0.05) is 168 Å². The van der Waals surface area contributed by atoms with E-state index >= 15 is 0 Å². The van der Waals surface area contributed by atoms with Gasteiger partial charge in [0.1, 0.15) is 0 Å². The number of benzene rings is 3. The van der Waals surface area contributed by atoms with Gasteiger partial charge in [-0.15, -0.1) is 0 Å². The van der Waals surface area contributed by atoms with Gasteiger partial charge in [0.15, 0.2) is 0 Å². The molecule has 0 fully saturated rings. The van der Waals surface area contributed by atoms with Crippen LogP contribution in [0.5, 0.6) is 0 Å². The fourth-order valence-electron chi connectivity index (χ4n) is 6.83. The standard InChI is InChI=1S/3C12H17.Al/c3*1-4-10(2)11(3)12-8-6-5-7-9-12;/h3*5-11H,2,4H2,1,3H3;. The van der Waals surface area contributed by atoms with E-state index < -0.39 is 14.1 Å². The summed E-state index contributed by atoms with van der Waals surface area (Å²) in [5, 5.41) is 4.42. The van der Waals surface area contributed by atoms with Crippen molar-refractivity contribution < 1.29 is 0 Å². The molecule has 0 aliphatic rings. The maximum atomic E-state index is 2.49. The summed E-state index contributed by atoms with van der Waals surface area (Å²) >= 11 is -0.999. The lowest BCUT2D eigenvalue weighted by molar-refractivity contribution is 0.433. The molecule has 3 rings (SSSR count). The van der Waals surface area contributed by atoms with Crippen molar-refractivity contribution in [2.24, 2.45) is 17.8 Å². The van der Waals surface area contributed by atoms with E-state index in [1.165, 1.54) is 51.8 Å². The molecule has 37 heavy (non-hydrogen) atoms. The molecule has 0 aliphatic heterocycles. The normalized spacial score (nSPS) is 16.4. The highest BCUT2D eigenvalue weighted by atomic mass is 27.2. The zero-order valence-electron chi connectivity index (χ0n) is 24.4. The minimum absolute atomic E-state index is 0.638. The predicted octanol–water partition coefficient (Wildman–Crippen LogP) is 11.0. The van der Waals surface area contributed by atoms with Crippen LogP contribution >= 0.6 is 0 Å². The summed E-state index contributed by atoms with van der Waals surface area (Å²) in [7, 11) is 0. The lowest BCUT2D eigenvalue weighted by atomic mass is 9.86. The van der Waals surface area contributed by atoms with Gasteiger partial charge in [0, 0.05) is 0 Å². The first-order valence-corrected chi connectivity index (χ1v) is 17.6. The van der Waals surface area contributed by atoms with Crippen molar-refractivity contribution in [2.45, 2.75) is 94.4 Å². The first-order valence-electron chi connectivity index (χ1n) is 15.1. The van der Waals surface area contributed by atoms with Crippen LogP contribution in [-0.4, -0.2) is 14.1 Å². The van der Waals surface area contributed by atoms with Gasteiger partial charge in [-0.2, -0.15) is 0 Å². The van der Waals surface area contributed by atoms with Crippen LogP contribution in [0, 0.1) is 17.8 Å². The summed E-state index contributed by atoms with van der Waals surface area (Å²) in [5.41, 5.74) is 4.57. The van der Waals surface area contributed by atoms with Gasteiger partial charge in [-0.25, -0.2) is 0 Å².